The Hall–Kier alpha value is -0.820. The van der Waals surface area contributed by atoms with E-state index in [1.54, 1.807) is 11.1 Å². The van der Waals surface area contributed by atoms with Crippen LogP contribution in [0.5, 0.6) is 0 Å². The SMILES string of the molecule is C=C1CC(C)C2CCC3(C)C(=CCC4C5(C)CCC(O)C(C)(C)C5=CCC43C)C2C1C. The second-order valence-electron chi connectivity index (χ2n) is 13.6. The topological polar surface area (TPSA) is 20.2 Å². The summed E-state index contributed by atoms with van der Waals surface area (Å²) in [6.07, 6.45) is 13.6. The van der Waals surface area contributed by atoms with Crippen molar-refractivity contribution in [3.05, 3.63) is 35.5 Å². The summed E-state index contributed by atoms with van der Waals surface area (Å²) in [5.41, 5.74) is 5.57. The van der Waals surface area contributed by atoms with Crippen molar-refractivity contribution < 1.29 is 5.11 Å². The second kappa shape index (κ2) is 6.62. The van der Waals surface area contributed by atoms with Crippen LogP contribution in [0.3, 0.4) is 0 Å². The average molecular weight is 423 g/mol. The van der Waals surface area contributed by atoms with E-state index in [0.29, 0.717) is 23.2 Å². The van der Waals surface area contributed by atoms with Crippen molar-refractivity contribution in [1.82, 2.24) is 0 Å². The molecule has 0 aromatic heterocycles. The molecule has 9 unspecified atom stereocenters. The maximum absolute atomic E-state index is 10.8. The number of hydrogen-bond acceptors (Lipinski definition) is 1. The van der Waals surface area contributed by atoms with E-state index in [9.17, 15) is 5.11 Å². The summed E-state index contributed by atoms with van der Waals surface area (Å²) in [6.45, 7) is 21.9. The molecule has 0 spiro atoms. The van der Waals surface area contributed by atoms with Gasteiger partial charge in [-0.05, 0) is 90.8 Å². The first-order valence-electron chi connectivity index (χ1n) is 13.2. The Morgan fingerprint density at radius 2 is 1.71 bits per heavy atom. The monoisotopic (exact) mass is 422 g/mol. The van der Waals surface area contributed by atoms with Crippen molar-refractivity contribution in [2.45, 2.75) is 99.5 Å². The summed E-state index contributed by atoms with van der Waals surface area (Å²) in [4.78, 5) is 0. The van der Waals surface area contributed by atoms with Crippen molar-refractivity contribution in [2.24, 2.45) is 51.2 Å². The van der Waals surface area contributed by atoms with Crippen LogP contribution in [-0.4, -0.2) is 11.2 Å². The van der Waals surface area contributed by atoms with E-state index in [1.807, 2.05) is 0 Å². The average Bonchev–Trinajstić information content (AvgIpc) is 2.69. The molecule has 0 radical (unpaired) electrons. The first-order chi connectivity index (χ1) is 14.4. The Labute approximate surface area is 191 Å². The summed E-state index contributed by atoms with van der Waals surface area (Å²) < 4.78 is 0. The van der Waals surface area contributed by atoms with Crippen molar-refractivity contribution >= 4 is 0 Å². The van der Waals surface area contributed by atoms with Crippen molar-refractivity contribution in [3.8, 4) is 0 Å². The molecule has 0 aromatic rings. The van der Waals surface area contributed by atoms with Crippen molar-refractivity contribution in [2.75, 3.05) is 0 Å². The van der Waals surface area contributed by atoms with Crippen LogP contribution < -0.4 is 0 Å². The fraction of sp³-hybridized carbons (Fsp3) is 0.800. The highest BCUT2D eigenvalue weighted by molar-refractivity contribution is 5.39. The van der Waals surface area contributed by atoms with Crippen molar-refractivity contribution in [1.29, 1.82) is 0 Å². The van der Waals surface area contributed by atoms with Gasteiger partial charge in [-0.25, -0.2) is 0 Å². The Morgan fingerprint density at radius 1 is 1.00 bits per heavy atom. The molecule has 3 fully saturated rings. The summed E-state index contributed by atoms with van der Waals surface area (Å²) in [7, 11) is 0. The third kappa shape index (κ3) is 2.59. The van der Waals surface area contributed by atoms with Gasteiger partial charge in [0, 0.05) is 5.41 Å². The molecule has 0 bridgehead atoms. The molecule has 3 saturated carbocycles. The number of hydrogen-bond donors (Lipinski definition) is 1. The van der Waals surface area contributed by atoms with Gasteiger partial charge in [-0.15, -0.1) is 0 Å². The van der Waals surface area contributed by atoms with Gasteiger partial charge < -0.3 is 5.11 Å². The highest BCUT2D eigenvalue weighted by Crippen LogP contribution is 2.73. The largest absolute Gasteiger partial charge is 0.392 e. The first-order valence-corrected chi connectivity index (χ1v) is 13.2. The molecule has 0 amide bonds. The number of aliphatic hydroxyl groups excluding tert-OH is 1. The van der Waals surface area contributed by atoms with Gasteiger partial charge in [0.15, 0.2) is 0 Å². The third-order valence-electron chi connectivity index (χ3n) is 12.1. The zero-order valence-electron chi connectivity index (χ0n) is 21.2. The smallest absolute Gasteiger partial charge is 0.0628 e. The highest BCUT2D eigenvalue weighted by Gasteiger charge is 2.65. The summed E-state index contributed by atoms with van der Waals surface area (Å²) in [6, 6.07) is 0. The van der Waals surface area contributed by atoms with E-state index in [1.165, 1.54) is 37.7 Å². The van der Waals surface area contributed by atoms with Crippen LogP contribution in [0.2, 0.25) is 0 Å². The molecule has 5 aliphatic carbocycles. The molecule has 0 aliphatic heterocycles. The fourth-order valence-electron chi connectivity index (χ4n) is 9.88. The van der Waals surface area contributed by atoms with Gasteiger partial charge in [0.2, 0.25) is 0 Å². The maximum atomic E-state index is 10.8. The zero-order valence-corrected chi connectivity index (χ0v) is 21.2. The number of fused-ring (bicyclic) bond motifs is 7. The Kier molecular flexibility index (Phi) is 4.69. The minimum atomic E-state index is -0.201. The lowest BCUT2D eigenvalue weighted by Gasteiger charge is -2.68. The van der Waals surface area contributed by atoms with Gasteiger partial charge in [-0.1, -0.05) is 83.9 Å². The third-order valence-corrected chi connectivity index (χ3v) is 12.1. The van der Waals surface area contributed by atoms with Crippen LogP contribution in [-0.2, 0) is 0 Å². The lowest BCUT2D eigenvalue weighted by molar-refractivity contribution is -0.104. The van der Waals surface area contributed by atoms with Crippen LogP contribution in [0.25, 0.3) is 0 Å². The molecular weight excluding hydrogens is 376 g/mol. The van der Waals surface area contributed by atoms with Gasteiger partial charge in [0.25, 0.3) is 0 Å². The Balaban J connectivity index is 1.60. The maximum Gasteiger partial charge on any atom is 0.0628 e. The van der Waals surface area contributed by atoms with E-state index in [0.717, 1.165) is 24.7 Å². The normalized spacial score (nSPS) is 53.4. The van der Waals surface area contributed by atoms with Gasteiger partial charge in [0.1, 0.15) is 0 Å². The predicted octanol–water partition coefficient (Wildman–Crippen LogP) is 7.72. The minimum Gasteiger partial charge on any atom is -0.392 e. The van der Waals surface area contributed by atoms with Gasteiger partial charge in [0.05, 0.1) is 6.10 Å². The summed E-state index contributed by atoms with van der Waals surface area (Å²) in [5.74, 6) is 3.63. The molecule has 5 aliphatic rings. The lowest BCUT2D eigenvalue weighted by Crippen LogP contribution is -2.60. The van der Waals surface area contributed by atoms with Gasteiger partial charge >= 0.3 is 0 Å². The number of aliphatic hydroxyl groups is 1. The number of allylic oxidation sites excluding steroid dienone is 4. The van der Waals surface area contributed by atoms with E-state index >= 15 is 0 Å². The Bertz CT molecular complexity index is 860. The predicted molar refractivity (Wildman–Crippen MR) is 131 cm³/mol. The van der Waals surface area contributed by atoms with Crippen LogP contribution in [0.15, 0.2) is 35.5 Å². The van der Waals surface area contributed by atoms with E-state index in [2.05, 4.69) is 67.2 Å². The molecule has 1 heteroatoms. The fourth-order valence-corrected chi connectivity index (χ4v) is 9.88. The molecule has 31 heavy (non-hydrogen) atoms. The molecule has 1 N–H and O–H groups in total. The molecule has 1 nitrogen and oxygen atoms in total. The van der Waals surface area contributed by atoms with E-state index in [-0.39, 0.29) is 22.3 Å². The molecule has 172 valence electrons. The highest BCUT2D eigenvalue weighted by atomic mass is 16.3. The van der Waals surface area contributed by atoms with Crippen LogP contribution in [0, 0.1) is 51.2 Å². The minimum absolute atomic E-state index is 0.0953. The molecule has 0 aromatic carbocycles. The summed E-state index contributed by atoms with van der Waals surface area (Å²) in [5, 5.41) is 10.8. The van der Waals surface area contributed by atoms with E-state index < -0.39 is 0 Å². The molecule has 0 saturated heterocycles. The molecule has 5 rings (SSSR count). The Morgan fingerprint density at radius 3 is 2.42 bits per heavy atom. The van der Waals surface area contributed by atoms with Crippen LogP contribution in [0.4, 0.5) is 0 Å². The van der Waals surface area contributed by atoms with E-state index in [4.69, 9.17) is 0 Å². The summed E-state index contributed by atoms with van der Waals surface area (Å²) >= 11 is 0. The lowest BCUT2D eigenvalue weighted by atomic mass is 9.36. The standard InChI is InChI=1S/C30H46O/c1-18-17-19(2)21-11-15-29(7)22(26(21)20(18)3)9-10-24-28(6)14-13-25(31)27(4,5)23(28)12-16-30(24,29)8/h9,12,19-21,24-26,31H,1,10-11,13-17H2,2-8H3. The molecule has 0 heterocycles. The zero-order chi connectivity index (χ0) is 22.6. The quantitative estimate of drug-likeness (QED) is 0.396. The first kappa shape index (κ1) is 22.0. The van der Waals surface area contributed by atoms with Crippen LogP contribution in [0.1, 0.15) is 93.4 Å². The van der Waals surface area contributed by atoms with Crippen LogP contribution >= 0.6 is 0 Å². The molecule has 9 atom stereocenters. The number of rotatable bonds is 0. The second-order valence-corrected chi connectivity index (χ2v) is 13.6. The van der Waals surface area contributed by atoms with Gasteiger partial charge in [-0.2, -0.15) is 0 Å². The van der Waals surface area contributed by atoms with Crippen molar-refractivity contribution in [3.63, 3.8) is 0 Å². The van der Waals surface area contributed by atoms with Gasteiger partial charge in [-0.3, -0.25) is 0 Å². The molecular formula is C30H46O.